The summed E-state index contributed by atoms with van der Waals surface area (Å²) in [4.78, 5) is 24.8. The smallest absolute Gasteiger partial charge is 0.220 e. The van der Waals surface area contributed by atoms with Crippen LogP contribution < -0.4 is 5.32 Å². The van der Waals surface area contributed by atoms with Crippen LogP contribution in [-0.4, -0.2) is 11.7 Å². The number of nitrogens with one attached hydrogen (secondary N) is 1. The van der Waals surface area contributed by atoms with Gasteiger partial charge in [0.05, 0.1) is 6.04 Å². The Morgan fingerprint density at radius 3 is 2.62 bits per heavy atom. The summed E-state index contributed by atoms with van der Waals surface area (Å²) in [6.45, 7) is 0. The van der Waals surface area contributed by atoms with Crippen molar-refractivity contribution in [3.05, 3.63) is 70.3 Å². The first-order valence-electron chi connectivity index (χ1n) is 9.73. The van der Waals surface area contributed by atoms with E-state index in [9.17, 15) is 9.59 Å². The van der Waals surface area contributed by atoms with E-state index in [1.54, 1.807) is 0 Å². The maximum absolute atomic E-state index is 12.5. The maximum atomic E-state index is 12.5. The van der Waals surface area contributed by atoms with Gasteiger partial charge in [0.2, 0.25) is 5.91 Å². The van der Waals surface area contributed by atoms with Gasteiger partial charge in [0.1, 0.15) is 0 Å². The van der Waals surface area contributed by atoms with Gasteiger partial charge in [-0.15, -0.1) is 0 Å². The lowest BCUT2D eigenvalue weighted by molar-refractivity contribution is -0.121. The van der Waals surface area contributed by atoms with Crippen LogP contribution in [0.15, 0.2) is 42.5 Å². The van der Waals surface area contributed by atoms with Crippen molar-refractivity contribution in [2.45, 2.75) is 57.4 Å². The predicted molar refractivity (Wildman–Crippen MR) is 102 cm³/mol. The molecule has 0 aromatic heterocycles. The fourth-order valence-corrected chi connectivity index (χ4v) is 4.29. The average Bonchev–Trinajstić information content (AvgIpc) is 3.14. The molecule has 2 aromatic carbocycles. The molecular formula is C23H25NO2. The van der Waals surface area contributed by atoms with Gasteiger partial charge in [0.15, 0.2) is 5.78 Å². The highest BCUT2D eigenvalue weighted by Gasteiger charge is 2.22. The number of rotatable bonds is 5. The molecule has 0 unspecified atom stereocenters. The van der Waals surface area contributed by atoms with Crippen molar-refractivity contribution < 1.29 is 9.59 Å². The summed E-state index contributed by atoms with van der Waals surface area (Å²) in [6.07, 6.45) is 7.05. The van der Waals surface area contributed by atoms with Crippen molar-refractivity contribution in [1.82, 2.24) is 5.32 Å². The molecule has 2 aromatic rings. The van der Waals surface area contributed by atoms with Gasteiger partial charge in [-0.05, 0) is 66.8 Å². The lowest BCUT2D eigenvalue weighted by atomic mass is 9.87. The monoisotopic (exact) mass is 347 g/mol. The van der Waals surface area contributed by atoms with Gasteiger partial charge < -0.3 is 5.32 Å². The minimum Gasteiger partial charge on any atom is -0.349 e. The summed E-state index contributed by atoms with van der Waals surface area (Å²) < 4.78 is 0. The molecule has 1 N–H and O–H groups in total. The molecule has 0 bridgehead atoms. The third-order valence-corrected chi connectivity index (χ3v) is 5.70. The quantitative estimate of drug-likeness (QED) is 0.818. The normalized spacial score (nSPS) is 18.1. The molecular weight excluding hydrogens is 322 g/mol. The zero-order valence-electron chi connectivity index (χ0n) is 15.1. The number of benzene rings is 2. The van der Waals surface area contributed by atoms with E-state index in [0.717, 1.165) is 37.7 Å². The maximum Gasteiger partial charge on any atom is 0.220 e. The van der Waals surface area contributed by atoms with Crippen LogP contribution in [0.25, 0.3) is 0 Å². The van der Waals surface area contributed by atoms with E-state index in [1.807, 2.05) is 18.2 Å². The second-order valence-corrected chi connectivity index (χ2v) is 7.47. The Balaban J connectivity index is 1.34. The number of aryl methyl sites for hydroxylation is 3. The number of Topliss-reactive ketones (excluding diaryl/α,β-unsaturated/α-hetero) is 1. The van der Waals surface area contributed by atoms with E-state index < -0.39 is 0 Å². The van der Waals surface area contributed by atoms with Crippen molar-refractivity contribution in [3.63, 3.8) is 0 Å². The molecule has 1 amide bonds. The van der Waals surface area contributed by atoms with Gasteiger partial charge in [0.25, 0.3) is 0 Å². The summed E-state index contributed by atoms with van der Waals surface area (Å²) in [5.41, 5.74) is 5.99. The minimum absolute atomic E-state index is 0.0267. The van der Waals surface area contributed by atoms with Crippen molar-refractivity contribution >= 4 is 11.7 Å². The summed E-state index contributed by atoms with van der Waals surface area (Å²) in [5.74, 6) is 0.0418. The highest BCUT2D eigenvalue weighted by Crippen LogP contribution is 2.29. The van der Waals surface area contributed by atoms with Crippen LogP contribution >= 0.6 is 0 Å². The third kappa shape index (κ3) is 3.57. The Bertz CT molecular complexity index is 840. The second-order valence-electron chi connectivity index (χ2n) is 7.47. The summed E-state index contributed by atoms with van der Waals surface area (Å²) in [6, 6.07) is 14.4. The molecule has 2 aliphatic carbocycles. The average molecular weight is 347 g/mol. The Kier molecular flexibility index (Phi) is 4.87. The van der Waals surface area contributed by atoms with Gasteiger partial charge in [-0.3, -0.25) is 9.59 Å². The van der Waals surface area contributed by atoms with Gasteiger partial charge in [-0.1, -0.05) is 36.4 Å². The Hall–Kier alpha value is -2.42. The molecule has 0 fully saturated rings. The van der Waals surface area contributed by atoms with Gasteiger partial charge in [-0.2, -0.15) is 0 Å². The fraction of sp³-hybridized carbons (Fsp3) is 0.391. The van der Waals surface area contributed by atoms with Crippen LogP contribution in [0.1, 0.15) is 70.8 Å². The van der Waals surface area contributed by atoms with Crippen LogP contribution in [0.5, 0.6) is 0 Å². The lowest BCUT2D eigenvalue weighted by Gasteiger charge is -2.26. The van der Waals surface area contributed by atoms with Gasteiger partial charge in [0, 0.05) is 18.4 Å². The Labute approximate surface area is 154 Å². The molecule has 0 saturated heterocycles. The molecule has 4 rings (SSSR count). The molecule has 1 atom stereocenters. The molecule has 0 aliphatic heterocycles. The van der Waals surface area contributed by atoms with Crippen LogP contribution in [0, 0.1) is 0 Å². The fourth-order valence-electron chi connectivity index (χ4n) is 4.29. The van der Waals surface area contributed by atoms with E-state index in [4.69, 9.17) is 0 Å². The second kappa shape index (κ2) is 7.45. The van der Waals surface area contributed by atoms with E-state index >= 15 is 0 Å². The topological polar surface area (TPSA) is 46.2 Å². The predicted octanol–water partition coefficient (Wildman–Crippen LogP) is 4.33. The van der Waals surface area contributed by atoms with Crippen molar-refractivity contribution in [3.8, 4) is 0 Å². The molecule has 2 aliphatic rings. The number of hydrogen-bond acceptors (Lipinski definition) is 2. The van der Waals surface area contributed by atoms with Crippen molar-refractivity contribution in [1.29, 1.82) is 0 Å². The molecule has 0 saturated carbocycles. The summed E-state index contributed by atoms with van der Waals surface area (Å²) in [7, 11) is 0. The molecule has 3 heteroatoms. The highest BCUT2D eigenvalue weighted by atomic mass is 16.2. The number of fused-ring (bicyclic) bond motifs is 2. The Morgan fingerprint density at radius 1 is 0.885 bits per heavy atom. The Morgan fingerprint density at radius 2 is 1.69 bits per heavy atom. The number of carbonyl (C=O) groups is 2. The first-order valence-corrected chi connectivity index (χ1v) is 9.73. The molecule has 0 spiro atoms. The zero-order chi connectivity index (χ0) is 17.9. The minimum atomic E-state index is -0.0267. The lowest BCUT2D eigenvalue weighted by Crippen LogP contribution is -2.31. The van der Waals surface area contributed by atoms with Crippen LogP contribution in [0.4, 0.5) is 0 Å². The third-order valence-electron chi connectivity index (χ3n) is 5.70. The van der Waals surface area contributed by atoms with E-state index in [0.29, 0.717) is 0 Å². The highest BCUT2D eigenvalue weighted by molar-refractivity contribution is 5.98. The van der Waals surface area contributed by atoms with Crippen LogP contribution in [0.2, 0.25) is 0 Å². The molecule has 3 nitrogen and oxygen atoms in total. The summed E-state index contributed by atoms with van der Waals surface area (Å²) >= 11 is 0. The van der Waals surface area contributed by atoms with E-state index in [2.05, 4.69) is 29.6 Å². The van der Waals surface area contributed by atoms with Crippen LogP contribution in [0.3, 0.4) is 0 Å². The van der Waals surface area contributed by atoms with E-state index in [-0.39, 0.29) is 30.6 Å². The zero-order valence-corrected chi connectivity index (χ0v) is 15.1. The molecule has 0 heterocycles. The first kappa shape index (κ1) is 17.0. The number of carbonyl (C=O) groups excluding carboxylic acids is 2. The number of ketones is 1. The standard InChI is InChI=1S/C23H25NO2/c25-22(19-12-11-16-6-3-8-18(16)15-19)13-14-23(26)24-21-10-4-7-17-5-1-2-9-20(17)21/h1-2,5,9,11-12,15,21H,3-4,6-8,10,13-14H2,(H,24,26)/t21-/m1/s1. The molecule has 26 heavy (non-hydrogen) atoms. The van der Waals surface area contributed by atoms with Crippen LogP contribution in [-0.2, 0) is 24.1 Å². The largest absolute Gasteiger partial charge is 0.349 e. The summed E-state index contributed by atoms with van der Waals surface area (Å²) in [5, 5.41) is 3.13. The van der Waals surface area contributed by atoms with Crippen molar-refractivity contribution in [2.24, 2.45) is 0 Å². The number of amides is 1. The van der Waals surface area contributed by atoms with Crippen molar-refractivity contribution in [2.75, 3.05) is 0 Å². The first-order chi connectivity index (χ1) is 12.7. The molecule has 0 radical (unpaired) electrons. The van der Waals surface area contributed by atoms with Gasteiger partial charge in [-0.25, -0.2) is 0 Å². The molecule has 134 valence electrons. The van der Waals surface area contributed by atoms with Gasteiger partial charge >= 0.3 is 0 Å². The SMILES string of the molecule is O=C(CCC(=O)c1ccc2c(c1)CCC2)N[C@@H]1CCCc2ccccc21. The van der Waals surface area contributed by atoms with E-state index in [1.165, 1.54) is 28.7 Å². The number of hydrogen-bond donors (Lipinski definition) is 1.